The van der Waals surface area contributed by atoms with Gasteiger partial charge in [-0.3, -0.25) is 0 Å². The normalized spacial score (nSPS) is 20.2. The van der Waals surface area contributed by atoms with E-state index in [1.54, 1.807) is 6.07 Å². The van der Waals surface area contributed by atoms with Crippen LogP contribution in [0, 0.1) is 18.7 Å². The van der Waals surface area contributed by atoms with Crippen LogP contribution in [0.3, 0.4) is 0 Å². The fourth-order valence-electron chi connectivity index (χ4n) is 1.99. The van der Waals surface area contributed by atoms with Crippen LogP contribution in [0.1, 0.15) is 17.5 Å². The maximum atomic E-state index is 13.0. The van der Waals surface area contributed by atoms with E-state index >= 15 is 0 Å². The highest BCUT2D eigenvalue weighted by molar-refractivity contribution is 7.99. The Morgan fingerprint density at radius 1 is 1.50 bits per heavy atom. The number of rotatable bonds is 4. The Kier molecular flexibility index (Phi) is 4.24. The minimum atomic E-state index is -0.140. The first-order valence-electron chi connectivity index (χ1n) is 5.79. The van der Waals surface area contributed by atoms with Gasteiger partial charge in [0.25, 0.3) is 0 Å². The van der Waals surface area contributed by atoms with Gasteiger partial charge in [0.05, 0.1) is 0 Å². The summed E-state index contributed by atoms with van der Waals surface area (Å²) in [5, 5.41) is 3.43. The molecule has 3 heteroatoms. The summed E-state index contributed by atoms with van der Waals surface area (Å²) in [7, 11) is 0. The Hall–Kier alpha value is -0.540. The van der Waals surface area contributed by atoms with E-state index in [1.165, 1.54) is 24.0 Å². The Balaban J connectivity index is 1.82. The van der Waals surface area contributed by atoms with Crippen molar-refractivity contribution in [3.8, 4) is 0 Å². The minimum absolute atomic E-state index is 0.140. The summed E-state index contributed by atoms with van der Waals surface area (Å²) < 4.78 is 13.0. The van der Waals surface area contributed by atoms with Gasteiger partial charge in [-0.15, -0.1) is 0 Å². The Morgan fingerprint density at radius 3 is 3.12 bits per heavy atom. The van der Waals surface area contributed by atoms with Crippen LogP contribution in [0.4, 0.5) is 4.39 Å². The highest BCUT2D eigenvalue weighted by Gasteiger charge is 2.14. The maximum Gasteiger partial charge on any atom is 0.123 e. The van der Waals surface area contributed by atoms with Crippen molar-refractivity contribution in [3.63, 3.8) is 0 Å². The lowest BCUT2D eigenvalue weighted by atomic mass is 10.1. The molecule has 16 heavy (non-hydrogen) atoms. The molecule has 0 amide bonds. The van der Waals surface area contributed by atoms with Gasteiger partial charge in [0, 0.05) is 6.54 Å². The molecule has 0 spiro atoms. The zero-order valence-electron chi connectivity index (χ0n) is 9.63. The Morgan fingerprint density at radius 2 is 2.38 bits per heavy atom. The van der Waals surface area contributed by atoms with Gasteiger partial charge < -0.3 is 5.32 Å². The third-order valence-corrected chi connectivity index (χ3v) is 4.32. The lowest BCUT2D eigenvalue weighted by Crippen LogP contribution is -2.22. The average molecular weight is 239 g/mol. The molecule has 1 aliphatic heterocycles. The second-order valence-electron chi connectivity index (χ2n) is 4.43. The molecule has 0 aromatic heterocycles. The lowest BCUT2D eigenvalue weighted by Gasteiger charge is -2.11. The molecule has 0 bridgehead atoms. The first-order valence-corrected chi connectivity index (χ1v) is 6.94. The van der Waals surface area contributed by atoms with Gasteiger partial charge in [0.15, 0.2) is 0 Å². The molecule has 1 unspecified atom stereocenters. The molecule has 1 aliphatic rings. The second kappa shape index (κ2) is 5.69. The maximum absolute atomic E-state index is 13.0. The quantitative estimate of drug-likeness (QED) is 0.867. The molecule has 0 saturated carbocycles. The molecule has 88 valence electrons. The SMILES string of the molecule is Cc1ccc(F)cc1CNCC1CCSC1. The van der Waals surface area contributed by atoms with E-state index in [2.05, 4.69) is 5.32 Å². The molecule has 1 nitrogen and oxygen atoms in total. The molecular weight excluding hydrogens is 221 g/mol. The smallest absolute Gasteiger partial charge is 0.123 e. The molecule has 1 saturated heterocycles. The molecule has 0 radical (unpaired) electrons. The van der Waals surface area contributed by atoms with Crippen molar-refractivity contribution in [2.75, 3.05) is 18.1 Å². The van der Waals surface area contributed by atoms with Crippen LogP contribution in [-0.4, -0.2) is 18.1 Å². The van der Waals surface area contributed by atoms with Crippen molar-refractivity contribution in [3.05, 3.63) is 35.1 Å². The fraction of sp³-hybridized carbons (Fsp3) is 0.538. The largest absolute Gasteiger partial charge is 0.312 e. The third-order valence-electron chi connectivity index (χ3n) is 3.08. The molecule has 1 aromatic carbocycles. The van der Waals surface area contributed by atoms with Crippen molar-refractivity contribution >= 4 is 11.8 Å². The van der Waals surface area contributed by atoms with Crippen LogP contribution in [0.25, 0.3) is 0 Å². The van der Waals surface area contributed by atoms with E-state index in [0.29, 0.717) is 0 Å². The van der Waals surface area contributed by atoms with Crippen LogP contribution in [0.2, 0.25) is 0 Å². The molecule has 0 aliphatic carbocycles. The first kappa shape index (κ1) is 11.9. The van der Waals surface area contributed by atoms with Crippen molar-refractivity contribution < 1.29 is 4.39 Å². The molecule has 2 rings (SSSR count). The molecule has 1 fully saturated rings. The number of hydrogen-bond acceptors (Lipinski definition) is 2. The van der Waals surface area contributed by atoms with E-state index in [9.17, 15) is 4.39 Å². The lowest BCUT2D eigenvalue weighted by molar-refractivity contribution is 0.521. The van der Waals surface area contributed by atoms with E-state index in [1.807, 2.05) is 24.8 Å². The van der Waals surface area contributed by atoms with Crippen molar-refractivity contribution in [1.29, 1.82) is 0 Å². The van der Waals surface area contributed by atoms with Gasteiger partial charge in [0.2, 0.25) is 0 Å². The minimum Gasteiger partial charge on any atom is -0.312 e. The Bertz CT molecular complexity index is 348. The zero-order valence-corrected chi connectivity index (χ0v) is 10.4. The van der Waals surface area contributed by atoms with E-state index < -0.39 is 0 Å². The molecule has 1 heterocycles. The highest BCUT2D eigenvalue weighted by Crippen LogP contribution is 2.22. The van der Waals surface area contributed by atoms with Gasteiger partial charge in [-0.2, -0.15) is 11.8 Å². The summed E-state index contributed by atoms with van der Waals surface area (Å²) in [6.45, 7) is 3.87. The van der Waals surface area contributed by atoms with E-state index in [4.69, 9.17) is 0 Å². The van der Waals surface area contributed by atoms with Crippen LogP contribution in [-0.2, 0) is 6.54 Å². The number of thioether (sulfide) groups is 1. The molecule has 1 aromatic rings. The fourth-order valence-corrected chi connectivity index (χ4v) is 3.27. The van der Waals surface area contributed by atoms with Gasteiger partial charge >= 0.3 is 0 Å². The van der Waals surface area contributed by atoms with E-state index in [-0.39, 0.29) is 5.82 Å². The zero-order chi connectivity index (χ0) is 11.4. The Labute approximate surface area is 101 Å². The molecular formula is C13H18FNS. The molecule has 1 N–H and O–H groups in total. The number of benzene rings is 1. The van der Waals surface area contributed by atoms with Gasteiger partial charge in [-0.1, -0.05) is 6.07 Å². The van der Waals surface area contributed by atoms with Crippen LogP contribution in [0.5, 0.6) is 0 Å². The van der Waals surface area contributed by atoms with E-state index in [0.717, 1.165) is 30.1 Å². The van der Waals surface area contributed by atoms with Gasteiger partial charge in [-0.05, 0) is 60.6 Å². The first-order chi connectivity index (χ1) is 7.75. The van der Waals surface area contributed by atoms with Crippen LogP contribution < -0.4 is 5.32 Å². The summed E-state index contributed by atoms with van der Waals surface area (Å²) in [5.74, 6) is 3.23. The van der Waals surface area contributed by atoms with Crippen molar-refractivity contribution in [2.45, 2.75) is 19.9 Å². The average Bonchev–Trinajstić information content (AvgIpc) is 2.76. The summed E-state index contributed by atoms with van der Waals surface area (Å²) in [4.78, 5) is 0. The summed E-state index contributed by atoms with van der Waals surface area (Å²) in [6, 6.07) is 5.00. The third kappa shape index (κ3) is 3.22. The second-order valence-corrected chi connectivity index (χ2v) is 5.58. The topological polar surface area (TPSA) is 12.0 Å². The highest BCUT2D eigenvalue weighted by atomic mass is 32.2. The summed E-state index contributed by atoms with van der Waals surface area (Å²) in [6.07, 6.45) is 1.32. The van der Waals surface area contributed by atoms with Crippen molar-refractivity contribution in [1.82, 2.24) is 5.32 Å². The number of hydrogen-bond donors (Lipinski definition) is 1. The summed E-state index contributed by atoms with van der Waals surface area (Å²) in [5.41, 5.74) is 2.24. The predicted molar refractivity (Wildman–Crippen MR) is 68.3 cm³/mol. The standard InChI is InChI=1S/C13H18FNS/c1-10-2-3-13(14)6-12(10)8-15-7-11-4-5-16-9-11/h2-3,6,11,15H,4-5,7-9H2,1H3. The number of nitrogens with one attached hydrogen (secondary N) is 1. The number of halogens is 1. The predicted octanol–water partition coefficient (Wildman–Crippen LogP) is 2.98. The monoisotopic (exact) mass is 239 g/mol. The number of aryl methyl sites for hydroxylation is 1. The summed E-state index contributed by atoms with van der Waals surface area (Å²) >= 11 is 2.03. The van der Waals surface area contributed by atoms with Gasteiger partial charge in [-0.25, -0.2) is 4.39 Å². The van der Waals surface area contributed by atoms with Crippen molar-refractivity contribution in [2.24, 2.45) is 5.92 Å². The molecule has 1 atom stereocenters. The van der Waals surface area contributed by atoms with Crippen LogP contribution >= 0.6 is 11.8 Å². The van der Waals surface area contributed by atoms with Crippen LogP contribution in [0.15, 0.2) is 18.2 Å². The van der Waals surface area contributed by atoms with Gasteiger partial charge in [0.1, 0.15) is 5.82 Å².